The van der Waals surface area contributed by atoms with E-state index in [0.29, 0.717) is 6.10 Å². The second kappa shape index (κ2) is 6.21. The largest absolute Gasteiger partial charge is 0.376 e. The van der Waals surface area contributed by atoms with E-state index in [1.807, 2.05) is 0 Å². The van der Waals surface area contributed by atoms with Crippen LogP contribution < -0.4 is 5.73 Å². The minimum absolute atomic E-state index is 0.403. The Balaban J connectivity index is 1.67. The average molecular weight is 240 g/mol. The number of hydrogen-bond acceptors (Lipinski definition) is 3. The third-order valence-electron chi connectivity index (χ3n) is 3.55. The van der Waals surface area contributed by atoms with Crippen molar-refractivity contribution in [3.05, 3.63) is 0 Å². The van der Waals surface area contributed by atoms with Gasteiger partial charge in [-0.1, -0.05) is 6.92 Å². The van der Waals surface area contributed by atoms with E-state index in [1.54, 1.807) is 0 Å². The summed E-state index contributed by atoms with van der Waals surface area (Å²) < 4.78 is 5.64. The van der Waals surface area contributed by atoms with Gasteiger partial charge in [0.15, 0.2) is 5.96 Å². The van der Waals surface area contributed by atoms with Crippen LogP contribution in [0.4, 0.5) is 0 Å². The van der Waals surface area contributed by atoms with Crippen LogP contribution in [0, 0.1) is 0 Å². The van der Waals surface area contributed by atoms with Crippen LogP contribution in [0.25, 0.3) is 0 Å². The van der Waals surface area contributed by atoms with Crippen LogP contribution in [0.5, 0.6) is 0 Å². The third kappa shape index (κ3) is 3.57. The zero-order valence-electron chi connectivity index (χ0n) is 10.8. The number of morpholine rings is 1. The highest BCUT2D eigenvalue weighted by Crippen LogP contribution is 2.08. The Labute approximate surface area is 104 Å². The molecule has 2 heterocycles. The molecule has 0 saturated carbocycles. The highest BCUT2D eigenvalue weighted by Gasteiger charge is 2.19. The highest BCUT2D eigenvalue weighted by atomic mass is 16.5. The molecule has 0 bridgehead atoms. The Morgan fingerprint density at radius 3 is 2.88 bits per heavy atom. The summed E-state index contributed by atoms with van der Waals surface area (Å²) in [6.07, 6.45) is 2.74. The van der Waals surface area contributed by atoms with E-state index in [-0.39, 0.29) is 0 Å². The quantitative estimate of drug-likeness (QED) is 0.560. The maximum Gasteiger partial charge on any atom is 0.191 e. The SMILES string of the molecule is CCC1CN(CCN=C(N)N2CCC2)CCO1. The molecular formula is C12H24N4O. The van der Waals surface area contributed by atoms with E-state index in [2.05, 4.69) is 21.7 Å². The van der Waals surface area contributed by atoms with Crippen molar-refractivity contribution >= 4 is 5.96 Å². The van der Waals surface area contributed by atoms with Crippen LogP contribution in [-0.4, -0.2) is 67.7 Å². The molecule has 0 aromatic heterocycles. The summed E-state index contributed by atoms with van der Waals surface area (Å²) in [5.74, 6) is 0.719. The predicted octanol–water partition coefficient (Wildman–Crippen LogP) is 0.118. The lowest BCUT2D eigenvalue weighted by atomic mass is 10.2. The van der Waals surface area contributed by atoms with Gasteiger partial charge in [0.1, 0.15) is 0 Å². The van der Waals surface area contributed by atoms with Gasteiger partial charge in [-0.3, -0.25) is 9.89 Å². The summed E-state index contributed by atoms with van der Waals surface area (Å²) >= 11 is 0. The first-order valence-electron chi connectivity index (χ1n) is 6.68. The number of nitrogens with two attached hydrogens (primary N) is 1. The van der Waals surface area contributed by atoms with Crippen LogP contribution in [0.2, 0.25) is 0 Å². The molecule has 2 aliphatic rings. The summed E-state index contributed by atoms with van der Waals surface area (Å²) in [6, 6.07) is 0. The third-order valence-corrected chi connectivity index (χ3v) is 3.55. The molecule has 2 fully saturated rings. The van der Waals surface area contributed by atoms with Crippen molar-refractivity contribution in [2.24, 2.45) is 10.7 Å². The van der Waals surface area contributed by atoms with E-state index in [0.717, 1.165) is 58.3 Å². The van der Waals surface area contributed by atoms with Crippen LogP contribution in [-0.2, 0) is 4.74 Å². The topological polar surface area (TPSA) is 54.1 Å². The first kappa shape index (κ1) is 12.6. The Morgan fingerprint density at radius 1 is 1.41 bits per heavy atom. The fourth-order valence-electron chi connectivity index (χ4n) is 2.18. The van der Waals surface area contributed by atoms with Gasteiger partial charge in [-0.05, 0) is 12.8 Å². The van der Waals surface area contributed by atoms with E-state index in [9.17, 15) is 0 Å². The number of hydrogen-bond donors (Lipinski definition) is 1. The van der Waals surface area contributed by atoms with Crippen molar-refractivity contribution in [1.29, 1.82) is 0 Å². The van der Waals surface area contributed by atoms with Gasteiger partial charge in [-0.25, -0.2) is 0 Å². The minimum Gasteiger partial charge on any atom is -0.376 e. The van der Waals surface area contributed by atoms with E-state index >= 15 is 0 Å². The summed E-state index contributed by atoms with van der Waals surface area (Å²) in [7, 11) is 0. The molecular weight excluding hydrogens is 216 g/mol. The predicted molar refractivity (Wildman–Crippen MR) is 69.2 cm³/mol. The van der Waals surface area contributed by atoms with Gasteiger partial charge in [0, 0.05) is 32.7 Å². The molecule has 2 N–H and O–H groups in total. The maximum absolute atomic E-state index is 5.88. The van der Waals surface area contributed by atoms with Crippen molar-refractivity contribution in [3.8, 4) is 0 Å². The molecule has 5 heteroatoms. The Kier molecular flexibility index (Phi) is 4.62. The van der Waals surface area contributed by atoms with E-state index in [4.69, 9.17) is 10.5 Å². The molecule has 2 aliphatic heterocycles. The minimum atomic E-state index is 0.403. The lowest BCUT2D eigenvalue weighted by Gasteiger charge is -2.33. The average Bonchev–Trinajstić information content (AvgIpc) is 2.27. The van der Waals surface area contributed by atoms with Crippen LogP contribution in [0.15, 0.2) is 4.99 Å². The van der Waals surface area contributed by atoms with Gasteiger partial charge < -0.3 is 15.4 Å². The smallest absolute Gasteiger partial charge is 0.191 e. The second-order valence-corrected chi connectivity index (χ2v) is 4.78. The highest BCUT2D eigenvalue weighted by molar-refractivity contribution is 5.78. The van der Waals surface area contributed by atoms with Crippen molar-refractivity contribution in [2.45, 2.75) is 25.9 Å². The molecule has 0 radical (unpaired) electrons. The second-order valence-electron chi connectivity index (χ2n) is 4.78. The molecule has 5 nitrogen and oxygen atoms in total. The van der Waals surface area contributed by atoms with E-state index < -0.39 is 0 Å². The Bertz CT molecular complexity index is 265. The summed E-state index contributed by atoms with van der Waals surface area (Å²) in [6.45, 7) is 9.03. The number of likely N-dealkylation sites (tertiary alicyclic amines) is 1. The van der Waals surface area contributed by atoms with E-state index in [1.165, 1.54) is 6.42 Å². The van der Waals surface area contributed by atoms with Crippen LogP contribution >= 0.6 is 0 Å². The molecule has 2 saturated heterocycles. The molecule has 0 aromatic rings. The number of aliphatic imine (C=N–C) groups is 1. The molecule has 2 rings (SSSR count). The van der Waals surface area contributed by atoms with Crippen molar-refractivity contribution in [1.82, 2.24) is 9.80 Å². The van der Waals surface area contributed by atoms with Crippen molar-refractivity contribution in [3.63, 3.8) is 0 Å². The van der Waals surface area contributed by atoms with Crippen molar-refractivity contribution < 1.29 is 4.74 Å². The molecule has 0 aromatic carbocycles. The molecule has 1 atom stereocenters. The van der Waals surface area contributed by atoms with Crippen LogP contribution in [0.3, 0.4) is 0 Å². The number of nitrogens with zero attached hydrogens (tertiary/aromatic N) is 3. The molecule has 1 unspecified atom stereocenters. The summed E-state index contributed by atoms with van der Waals surface area (Å²) in [5, 5.41) is 0. The van der Waals surface area contributed by atoms with Gasteiger partial charge >= 0.3 is 0 Å². The number of guanidine groups is 1. The Hall–Kier alpha value is -0.810. The monoisotopic (exact) mass is 240 g/mol. The Morgan fingerprint density at radius 2 is 2.24 bits per heavy atom. The van der Waals surface area contributed by atoms with Gasteiger partial charge in [-0.15, -0.1) is 0 Å². The lowest BCUT2D eigenvalue weighted by molar-refractivity contribution is -0.0284. The van der Waals surface area contributed by atoms with Gasteiger partial charge in [0.05, 0.1) is 19.3 Å². The number of rotatable bonds is 4. The van der Waals surface area contributed by atoms with Gasteiger partial charge in [0.25, 0.3) is 0 Å². The fourth-order valence-corrected chi connectivity index (χ4v) is 2.18. The lowest BCUT2D eigenvalue weighted by Crippen LogP contribution is -2.47. The molecule has 0 spiro atoms. The van der Waals surface area contributed by atoms with Gasteiger partial charge in [0.2, 0.25) is 0 Å². The van der Waals surface area contributed by atoms with Crippen LogP contribution in [0.1, 0.15) is 19.8 Å². The fraction of sp³-hybridized carbons (Fsp3) is 0.917. The molecule has 98 valence electrons. The van der Waals surface area contributed by atoms with Gasteiger partial charge in [-0.2, -0.15) is 0 Å². The standard InChI is InChI=1S/C12H24N4O/c1-2-11-10-15(8-9-17-11)7-4-14-12(13)16-5-3-6-16/h11H,2-10H2,1H3,(H2,13,14). The summed E-state index contributed by atoms with van der Waals surface area (Å²) in [4.78, 5) is 8.98. The molecule has 0 amide bonds. The normalized spacial score (nSPS) is 27.0. The maximum atomic E-state index is 5.88. The first-order chi connectivity index (χ1) is 8.29. The molecule has 0 aliphatic carbocycles. The zero-order valence-corrected chi connectivity index (χ0v) is 10.8. The summed E-state index contributed by atoms with van der Waals surface area (Å²) in [5.41, 5.74) is 5.88. The first-order valence-corrected chi connectivity index (χ1v) is 6.68. The van der Waals surface area contributed by atoms with Crippen molar-refractivity contribution in [2.75, 3.05) is 45.9 Å². The number of ether oxygens (including phenoxy) is 1. The molecule has 17 heavy (non-hydrogen) atoms. The zero-order chi connectivity index (χ0) is 12.1.